The van der Waals surface area contributed by atoms with Crippen molar-refractivity contribution in [1.29, 1.82) is 5.26 Å². The predicted molar refractivity (Wildman–Crippen MR) is 91.0 cm³/mol. The van der Waals surface area contributed by atoms with Crippen molar-refractivity contribution in [1.82, 2.24) is 14.1 Å². The van der Waals surface area contributed by atoms with Crippen LogP contribution in [0.4, 0.5) is 11.5 Å². The van der Waals surface area contributed by atoms with Crippen LogP contribution < -0.4 is 10.6 Å². The van der Waals surface area contributed by atoms with Gasteiger partial charge in [-0.25, -0.2) is 4.98 Å². The van der Waals surface area contributed by atoms with Crippen molar-refractivity contribution in [3.05, 3.63) is 30.0 Å². The average molecular weight is 312 g/mol. The normalized spacial score (nSPS) is 21.4. The molecule has 3 heterocycles. The molecule has 0 radical (unpaired) electrons. The van der Waals surface area contributed by atoms with Crippen LogP contribution in [0.3, 0.4) is 0 Å². The third-order valence-corrected chi connectivity index (χ3v) is 4.60. The molecule has 23 heavy (non-hydrogen) atoms. The van der Waals surface area contributed by atoms with Crippen LogP contribution in [-0.2, 0) is 13.6 Å². The largest absolute Gasteiger partial charge is 0.396 e. The monoisotopic (exact) mass is 312 g/mol. The third kappa shape index (κ3) is 2.91. The summed E-state index contributed by atoms with van der Waals surface area (Å²) in [6.45, 7) is 7.05. The molecule has 2 aromatic rings. The number of nitrogens with zero attached hydrogens (tertiary/aromatic N) is 5. The lowest BCUT2D eigenvalue weighted by Gasteiger charge is -2.37. The van der Waals surface area contributed by atoms with Crippen molar-refractivity contribution in [3.63, 3.8) is 0 Å². The van der Waals surface area contributed by atoms with Crippen molar-refractivity contribution in [2.45, 2.75) is 26.8 Å². The number of nitrogens with two attached hydrogens (primary N) is 1. The van der Waals surface area contributed by atoms with E-state index in [1.807, 2.05) is 22.4 Å². The Labute approximate surface area is 137 Å². The second-order valence-corrected chi connectivity index (χ2v) is 6.81. The molecule has 0 aliphatic carbocycles. The highest BCUT2D eigenvalue weighted by molar-refractivity contribution is 5.68. The Balaban J connectivity index is 2.01. The molecule has 1 saturated heterocycles. The molecule has 0 unspecified atom stereocenters. The van der Waals surface area contributed by atoms with Crippen LogP contribution in [0, 0.1) is 23.2 Å². The van der Waals surface area contributed by atoms with E-state index in [0.29, 0.717) is 29.8 Å². The van der Waals surface area contributed by atoms with E-state index in [9.17, 15) is 5.26 Å². The maximum Gasteiger partial charge on any atom is 0.133 e. The number of aromatic nitrogens is 3. The first-order chi connectivity index (χ1) is 11.0. The number of hydrogen-bond donors (Lipinski definition) is 1. The lowest BCUT2D eigenvalue weighted by molar-refractivity contribution is 0.353. The molecule has 2 atom stereocenters. The number of piperidine rings is 1. The number of nitrogen functional groups attached to an aromatic ring is 1. The van der Waals surface area contributed by atoms with E-state index in [-0.39, 0.29) is 0 Å². The summed E-state index contributed by atoms with van der Waals surface area (Å²) in [6.07, 6.45) is 4.93. The van der Waals surface area contributed by atoms with Crippen LogP contribution >= 0.6 is 0 Å². The fraction of sp³-hybridized carbons (Fsp3) is 0.529. The molecule has 122 valence electrons. The Morgan fingerprint density at radius 1 is 1.35 bits per heavy atom. The number of hydrogen-bond acceptors (Lipinski definition) is 4. The summed E-state index contributed by atoms with van der Waals surface area (Å²) < 4.78 is 3.98. The highest BCUT2D eigenvalue weighted by atomic mass is 15.3. The van der Waals surface area contributed by atoms with Gasteiger partial charge in [-0.15, -0.1) is 0 Å². The molecule has 1 aliphatic rings. The fourth-order valence-electron chi connectivity index (χ4n) is 3.69. The highest BCUT2D eigenvalue weighted by Gasteiger charge is 2.27. The van der Waals surface area contributed by atoms with Gasteiger partial charge < -0.3 is 19.8 Å². The molecular formula is C17H24N6. The van der Waals surface area contributed by atoms with Crippen LogP contribution in [0.25, 0.3) is 0 Å². The van der Waals surface area contributed by atoms with Crippen LogP contribution in [0.15, 0.2) is 18.5 Å². The first-order valence-electron chi connectivity index (χ1n) is 8.09. The molecule has 0 bridgehead atoms. The number of imidazole rings is 1. The smallest absolute Gasteiger partial charge is 0.133 e. The maximum atomic E-state index is 9.48. The molecule has 2 aromatic heterocycles. The van der Waals surface area contributed by atoms with Gasteiger partial charge in [0.15, 0.2) is 0 Å². The van der Waals surface area contributed by atoms with Gasteiger partial charge in [0.1, 0.15) is 23.4 Å². The first kappa shape index (κ1) is 15.5. The van der Waals surface area contributed by atoms with Crippen molar-refractivity contribution in [2.24, 2.45) is 18.9 Å². The van der Waals surface area contributed by atoms with Crippen LogP contribution in [0.5, 0.6) is 0 Å². The van der Waals surface area contributed by atoms with E-state index in [1.54, 1.807) is 12.3 Å². The average Bonchev–Trinajstić information content (AvgIpc) is 3.02. The summed E-state index contributed by atoms with van der Waals surface area (Å²) in [4.78, 5) is 6.72. The van der Waals surface area contributed by atoms with E-state index >= 15 is 0 Å². The van der Waals surface area contributed by atoms with E-state index in [1.165, 1.54) is 6.42 Å². The Hall–Kier alpha value is -2.42. The predicted octanol–water partition coefficient (Wildman–Crippen LogP) is 2.21. The Kier molecular flexibility index (Phi) is 4.03. The summed E-state index contributed by atoms with van der Waals surface area (Å²) in [5.74, 6) is 3.12. The summed E-state index contributed by atoms with van der Waals surface area (Å²) in [7, 11) is 1.96. The minimum absolute atomic E-state index is 0.554. The van der Waals surface area contributed by atoms with Crippen molar-refractivity contribution < 1.29 is 0 Å². The SMILES string of the molecule is C[C@H]1C[C@H](C)CN(c2c(N)cc(C#N)n2Cc2nccn2C)C1. The maximum absolute atomic E-state index is 9.48. The number of aryl methyl sites for hydroxylation is 1. The van der Waals surface area contributed by atoms with Gasteiger partial charge in [-0.05, 0) is 24.3 Å². The molecule has 3 rings (SSSR count). The van der Waals surface area contributed by atoms with E-state index in [2.05, 4.69) is 29.8 Å². The van der Waals surface area contributed by atoms with Gasteiger partial charge in [-0.1, -0.05) is 13.8 Å². The van der Waals surface area contributed by atoms with Gasteiger partial charge in [0, 0.05) is 32.5 Å². The van der Waals surface area contributed by atoms with Crippen LogP contribution in [0.1, 0.15) is 31.8 Å². The molecule has 0 amide bonds. The van der Waals surface area contributed by atoms with Crippen LogP contribution in [0.2, 0.25) is 0 Å². The highest BCUT2D eigenvalue weighted by Crippen LogP contribution is 2.33. The molecule has 1 fully saturated rings. The zero-order valence-electron chi connectivity index (χ0n) is 14.0. The van der Waals surface area contributed by atoms with E-state index in [4.69, 9.17) is 5.73 Å². The number of rotatable bonds is 3. The topological polar surface area (TPSA) is 75.8 Å². The third-order valence-electron chi connectivity index (χ3n) is 4.60. The Morgan fingerprint density at radius 2 is 2.04 bits per heavy atom. The van der Waals surface area contributed by atoms with Gasteiger partial charge in [0.2, 0.25) is 0 Å². The Morgan fingerprint density at radius 3 is 2.61 bits per heavy atom. The molecule has 0 spiro atoms. The molecular weight excluding hydrogens is 288 g/mol. The standard InChI is InChI=1S/C17H24N6/c1-12-6-13(2)10-22(9-12)17-15(19)7-14(8-18)23(17)11-16-20-4-5-21(16)3/h4-5,7,12-13H,6,9-11,19H2,1-3H3/t12-,13-/m0/s1. The van der Waals surface area contributed by atoms with Crippen molar-refractivity contribution >= 4 is 11.5 Å². The first-order valence-corrected chi connectivity index (χ1v) is 8.09. The lowest BCUT2D eigenvalue weighted by atomic mass is 9.92. The molecule has 2 N–H and O–H groups in total. The number of nitriles is 1. The second kappa shape index (κ2) is 5.99. The molecule has 0 saturated carbocycles. The quantitative estimate of drug-likeness (QED) is 0.942. The Bertz CT molecular complexity index is 725. The van der Waals surface area contributed by atoms with E-state index in [0.717, 1.165) is 24.7 Å². The van der Waals surface area contributed by atoms with Crippen LogP contribution in [-0.4, -0.2) is 27.2 Å². The molecule has 6 nitrogen and oxygen atoms in total. The van der Waals surface area contributed by atoms with Gasteiger partial charge >= 0.3 is 0 Å². The summed E-state index contributed by atoms with van der Waals surface area (Å²) in [5, 5.41) is 9.48. The minimum Gasteiger partial charge on any atom is -0.396 e. The molecule has 1 aliphatic heterocycles. The van der Waals surface area contributed by atoms with Gasteiger partial charge in [-0.2, -0.15) is 5.26 Å². The van der Waals surface area contributed by atoms with Gasteiger partial charge in [0.05, 0.1) is 12.2 Å². The zero-order valence-corrected chi connectivity index (χ0v) is 14.0. The summed E-state index contributed by atoms with van der Waals surface area (Å²) >= 11 is 0. The van der Waals surface area contributed by atoms with Gasteiger partial charge in [0.25, 0.3) is 0 Å². The lowest BCUT2D eigenvalue weighted by Crippen LogP contribution is -2.40. The summed E-state index contributed by atoms with van der Waals surface area (Å²) in [5.41, 5.74) is 7.53. The van der Waals surface area contributed by atoms with E-state index < -0.39 is 0 Å². The van der Waals surface area contributed by atoms with Crippen molar-refractivity contribution in [3.8, 4) is 6.07 Å². The fourth-order valence-corrected chi connectivity index (χ4v) is 3.69. The number of anilines is 2. The second-order valence-electron chi connectivity index (χ2n) is 6.81. The zero-order chi connectivity index (χ0) is 16.6. The molecule has 6 heteroatoms. The van der Waals surface area contributed by atoms with Crippen molar-refractivity contribution in [2.75, 3.05) is 23.7 Å². The van der Waals surface area contributed by atoms with Gasteiger partial charge in [-0.3, -0.25) is 0 Å². The minimum atomic E-state index is 0.554. The summed E-state index contributed by atoms with van der Waals surface area (Å²) in [6, 6.07) is 4.05. The molecule has 0 aromatic carbocycles.